The van der Waals surface area contributed by atoms with Gasteiger partial charge in [0.25, 0.3) is 0 Å². The lowest BCUT2D eigenvalue weighted by Gasteiger charge is -2.18. The number of pyridine rings is 1. The van der Waals surface area contributed by atoms with E-state index in [-0.39, 0.29) is 29.4 Å². The van der Waals surface area contributed by atoms with Crippen LogP contribution >= 0.6 is 11.8 Å². The van der Waals surface area contributed by atoms with Crippen LogP contribution < -0.4 is 0 Å². The fourth-order valence-corrected chi connectivity index (χ4v) is 3.81. The molecule has 0 radical (unpaired) electrons. The molecule has 2 rings (SSSR count). The Bertz CT molecular complexity index is 684. The maximum Gasteiger partial charge on any atom is 0.418 e. The topological polar surface area (TPSA) is 63.0 Å². The van der Waals surface area contributed by atoms with Crippen LogP contribution in [0.4, 0.5) is 13.2 Å². The lowest BCUT2D eigenvalue weighted by atomic mass is 9.97. The van der Waals surface area contributed by atoms with Crippen molar-refractivity contribution in [2.45, 2.75) is 56.7 Å². The molecule has 25 heavy (non-hydrogen) atoms. The second kappa shape index (κ2) is 8.56. The van der Waals surface area contributed by atoms with Crippen LogP contribution in [0.2, 0.25) is 0 Å². The summed E-state index contributed by atoms with van der Waals surface area (Å²) in [4.78, 5) is 15.7. The van der Waals surface area contributed by atoms with Crippen molar-refractivity contribution < 1.29 is 22.7 Å². The fourth-order valence-electron chi connectivity index (χ4n) is 2.88. The summed E-state index contributed by atoms with van der Waals surface area (Å²) in [5, 5.41) is 9.39. The van der Waals surface area contributed by atoms with Gasteiger partial charge in [0.15, 0.2) is 0 Å². The first-order valence-electron chi connectivity index (χ1n) is 8.20. The second-order valence-corrected chi connectivity index (χ2v) is 6.75. The Labute approximate surface area is 148 Å². The molecule has 0 aliphatic heterocycles. The highest BCUT2D eigenvalue weighted by Gasteiger charge is 2.39. The number of carbonyl (C=O) groups excluding carboxylic acids is 1. The molecule has 0 N–H and O–H groups in total. The van der Waals surface area contributed by atoms with Gasteiger partial charge < -0.3 is 4.74 Å². The third kappa shape index (κ3) is 4.88. The molecule has 0 aromatic carbocycles. The summed E-state index contributed by atoms with van der Waals surface area (Å²) in [5.41, 5.74) is -0.679. The highest BCUT2D eigenvalue weighted by Crippen LogP contribution is 2.40. The first kappa shape index (κ1) is 19.6. The van der Waals surface area contributed by atoms with Crippen molar-refractivity contribution in [3.8, 4) is 6.07 Å². The average Bonchev–Trinajstić information content (AvgIpc) is 2.77. The fraction of sp³-hybridized carbons (Fsp3) is 0.588. The van der Waals surface area contributed by atoms with Gasteiger partial charge in [-0.1, -0.05) is 6.42 Å². The summed E-state index contributed by atoms with van der Waals surface area (Å²) < 4.78 is 45.7. The van der Waals surface area contributed by atoms with Crippen LogP contribution in [0.15, 0.2) is 5.03 Å². The summed E-state index contributed by atoms with van der Waals surface area (Å²) in [7, 11) is 0. The average molecular weight is 372 g/mol. The van der Waals surface area contributed by atoms with E-state index in [1.54, 1.807) is 13.0 Å². The van der Waals surface area contributed by atoms with Crippen molar-refractivity contribution in [2.24, 2.45) is 0 Å². The third-order valence-electron chi connectivity index (χ3n) is 3.94. The van der Waals surface area contributed by atoms with E-state index in [4.69, 9.17) is 4.74 Å². The number of aryl methyl sites for hydroxylation is 1. The molecule has 0 saturated carbocycles. The molecule has 0 amide bonds. The van der Waals surface area contributed by atoms with Crippen LogP contribution in [0.3, 0.4) is 0 Å². The van der Waals surface area contributed by atoms with Crippen molar-refractivity contribution in [1.82, 2.24) is 4.98 Å². The number of ether oxygens (including phenoxy) is 1. The first-order valence-corrected chi connectivity index (χ1v) is 9.18. The molecule has 0 fully saturated rings. The van der Waals surface area contributed by atoms with Gasteiger partial charge in [-0.15, -0.1) is 11.8 Å². The molecule has 1 aliphatic rings. The quantitative estimate of drug-likeness (QED) is 0.438. The zero-order valence-corrected chi connectivity index (χ0v) is 14.7. The zero-order valence-electron chi connectivity index (χ0n) is 13.9. The SMILES string of the molecule is CCOC(=O)CCSc1nc2c(c(C(F)(F)F)c1C#N)CCCCC2. The first-order chi connectivity index (χ1) is 11.9. The largest absolute Gasteiger partial charge is 0.466 e. The lowest BCUT2D eigenvalue weighted by Crippen LogP contribution is -2.16. The maximum atomic E-state index is 13.6. The van der Waals surface area contributed by atoms with E-state index < -0.39 is 23.3 Å². The van der Waals surface area contributed by atoms with E-state index in [1.165, 1.54) is 0 Å². The number of nitrogens with zero attached hydrogens (tertiary/aromatic N) is 2. The molecule has 1 aliphatic carbocycles. The van der Waals surface area contributed by atoms with Crippen LogP contribution in [0.1, 0.15) is 55.0 Å². The minimum atomic E-state index is -4.60. The Morgan fingerprint density at radius 1 is 1.32 bits per heavy atom. The molecule has 0 atom stereocenters. The van der Waals surface area contributed by atoms with E-state index in [0.717, 1.165) is 24.6 Å². The van der Waals surface area contributed by atoms with Crippen LogP contribution in [0, 0.1) is 11.3 Å². The van der Waals surface area contributed by atoms with E-state index in [9.17, 15) is 23.2 Å². The molecule has 0 unspecified atom stereocenters. The summed E-state index contributed by atoms with van der Waals surface area (Å²) in [6.45, 7) is 1.94. The number of aromatic nitrogens is 1. The monoisotopic (exact) mass is 372 g/mol. The molecular weight excluding hydrogens is 353 g/mol. The standard InChI is InChI=1S/C17H19F3N2O2S/c1-2-24-14(23)8-9-25-16-12(10-21)15(17(18,19)20)11-6-4-3-5-7-13(11)22-16/h2-9H2,1H3. The van der Waals surface area contributed by atoms with Crippen molar-refractivity contribution in [3.05, 3.63) is 22.4 Å². The Morgan fingerprint density at radius 3 is 2.68 bits per heavy atom. The van der Waals surface area contributed by atoms with Gasteiger partial charge in [0.1, 0.15) is 11.1 Å². The van der Waals surface area contributed by atoms with E-state index >= 15 is 0 Å². The molecule has 0 bridgehead atoms. The number of hydrogen-bond acceptors (Lipinski definition) is 5. The van der Waals surface area contributed by atoms with Gasteiger partial charge in [0.05, 0.1) is 24.2 Å². The molecule has 8 heteroatoms. The summed E-state index contributed by atoms with van der Waals surface area (Å²) in [6.07, 6.45) is -1.47. The lowest BCUT2D eigenvalue weighted by molar-refractivity contribution is -0.142. The third-order valence-corrected chi connectivity index (χ3v) is 4.91. The van der Waals surface area contributed by atoms with Crippen LogP contribution in [-0.4, -0.2) is 23.3 Å². The highest BCUT2D eigenvalue weighted by molar-refractivity contribution is 7.99. The number of carbonyl (C=O) groups is 1. The minimum Gasteiger partial charge on any atom is -0.466 e. The smallest absolute Gasteiger partial charge is 0.418 e. The number of fused-ring (bicyclic) bond motifs is 1. The van der Waals surface area contributed by atoms with Crippen LogP contribution in [0.25, 0.3) is 0 Å². The second-order valence-electron chi connectivity index (χ2n) is 5.67. The maximum absolute atomic E-state index is 13.6. The summed E-state index contributed by atoms with van der Waals surface area (Å²) in [5.74, 6) is -0.198. The minimum absolute atomic E-state index is 0.0553. The normalized spacial score (nSPS) is 14.4. The number of rotatable bonds is 5. The Hall–Kier alpha value is -1.75. The van der Waals surface area contributed by atoms with E-state index in [2.05, 4.69) is 4.98 Å². The van der Waals surface area contributed by atoms with Crippen LogP contribution in [0.5, 0.6) is 0 Å². The molecule has 0 saturated heterocycles. The number of nitriles is 1. The predicted molar refractivity (Wildman–Crippen MR) is 87.2 cm³/mol. The van der Waals surface area contributed by atoms with Gasteiger partial charge in [-0.2, -0.15) is 18.4 Å². The van der Waals surface area contributed by atoms with Crippen molar-refractivity contribution >= 4 is 17.7 Å². The number of esters is 1. The number of alkyl halides is 3. The highest BCUT2D eigenvalue weighted by atomic mass is 32.2. The number of halogens is 3. The Balaban J connectivity index is 2.38. The number of thioether (sulfide) groups is 1. The zero-order chi connectivity index (χ0) is 18.4. The number of hydrogen-bond donors (Lipinski definition) is 0. The van der Waals surface area contributed by atoms with Gasteiger partial charge in [0, 0.05) is 11.4 Å². The predicted octanol–water partition coefficient (Wildman–Crippen LogP) is 4.29. The van der Waals surface area contributed by atoms with Gasteiger partial charge in [-0.3, -0.25) is 4.79 Å². The van der Waals surface area contributed by atoms with E-state index in [0.29, 0.717) is 25.0 Å². The van der Waals surface area contributed by atoms with Crippen LogP contribution in [-0.2, 0) is 28.5 Å². The van der Waals surface area contributed by atoms with Crippen molar-refractivity contribution in [3.63, 3.8) is 0 Å². The van der Waals surface area contributed by atoms with Gasteiger partial charge >= 0.3 is 12.1 Å². The molecule has 1 aromatic rings. The summed E-state index contributed by atoms with van der Waals surface area (Å²) >= 11 is 1.00. The van der Waals surface area contributed by atoms with Crippen molar-refractivity contribution in [1.29, 1.82) is 5.26 Å². The molecule has 136 valence electrons. The Kier molecular flexibility index (Phi) is 6.71. The molecule has 4 nitrogen and oxygen atoms in total. The van der Waals surface area contributed by atoms with Gasteiger partial charge in [-0.25, -0.2) is 4.98 Å². The molecular formula is C17H19F3N2O2S. The summed E-state index contributed by atoms with van der Waals surface area (Å²) in [6, 6.07) is 1.69. The van der Waals surface area contributed by atoms with Gasteiger partial charge in [0.2, 0.25) is 0 Å². The van der Waals surface area contributed by atoms with E-state index in [1.807, 2.05) is 0 Å². The molecule has 1 aromatic heterocycles. The van der Waals surface area contributed by atoms with Gasteiger partial charge in [-0.05, 0) is 38.2 Å². The molecule has 1 heterocycles. The van der Waals surface area contributed by atoms with Crippen molar-refractivity contribution in [2.75, 3.05) is 12.4 Å². The Morgan fingerprint density at radius 2 is 2.04 bits per heavy atom. The molecule has 0 spiro atoms.